The van der Waals surface area contributed by atoms with Crippen LogP contribution in [-0.2, 0) is 0 Å². The van der Waals surface area contributed by atoms with Crippen molar-refractivity contribution in [3.63, 3.8) is 0 Å². The van der Waals surface area contributed by atoms with Gasteiger partial charge in [-0.3, -0.25) is 0 Å². The van der Waals surface area contributed by atoms with E-state index in [-0.39, 0.29) is 19.2 Å². The minimum atomic E-state index is -0.372. The van der Waals surface area contributed by atoms with Crippen molar-refractivity contribution in [1.29, 1.82) is 0 Å². The van der Waals surface area contributed by atoms with Crippen LogP contribution in [0, 0.1) is 6.92 Å². The second-order valence-electron chi connectivity index (χ2n) is 3.40. The molecule has 0 unspecified atom stereocenters. The molecule has 0 saturated carbocycles. The van der Waals surface area contributed by atoms with Crippen molar-refractivity contribution in [1.82, 2.24) is 5.32 Å². The Morgan fingerprint density at radius 2 is 2.24 bits per heavy atom. The predicted octanol–water partition coefficient (Wildman–Crippen LogP) is 1.88. The number of aliphatic hydroxyl groups excluding tert-OH is 1. The van der Waals surface area contributed by atoms with Gasteiger partial charge >= 0.3 is 6.03 Å². The fraction of sp³-hybridized carbons (Fsp3) is 0.364. The van der Waals surface area contributed by atoms with E-state index in [4.69, 9.17) is 9.84 Å². The van der Waals surface area contributed by atoms with E-state index in [9.17, 15) is 4.79 Å². The molecule has 6 heteroatoms. The number of carbonyl (C=O) groups excluding carboxylic acids is 1. The lowest BCUT2D eigenvalue weighted by Crippen LogP contribution is -2.31. The van der Waals surface area contributed by atoms with E-state index in [0.29, 0.717) is 11.4 Å². The molecule has 3 N–H and O–H groups in total. The van der Waals surface area contributed by atoms with Gasteiger partial charge < -0.3 is 20.5 Å². The molecule has 0 radical (unpaired) electrons. The van der Waals surface area contributed by atoms with E-state index in [1.807, 2.05) is 13.0 Å². The Balaban J connectivity index is 2.86. The Morgan fingerprint density at radius 3 is 2.82 bits per heavy atom. The van der Waals surface area contributed by atoms with Gasteiger partial charge in [-0.1, -0.05) is 15.9 Å². The molecule has 0 aliphatic carbocycles. The number of aliphatic hydroxyl groups is 1. The van der Waals surface area contributed by atoms with Crippen molar-refractivity contribution < 1.29 is 14.6 Å². The highest BCUT2D eigenvalue weighted by molar-refractivity contribution is 9.10. The zero-order valence-corrected chi connectivity index (χ0v) is 11.3. The third-order valence-electron chi connectivity index (χ3n) is 2.12. The zero-order valence-electron chi connectivity index (χ0n) is 9.71. The lowest BCUT2D eigenvalue weighted by Gasteiger charge is -2.14. The molecule has 0 atom stereocenters. The lowest BCUT2D eigenvalue weighted by molar-refractivity contribution is 0.244. The molecule has 0 fully saturated rings. The minimum absolute atomic E-state index is 0.0934. The summed E-state index contributed by atoms with van der Waals surface area (Å²) < 4.78 is 6.07. The van der Waals surface area contributed by atoms with Crippen molar-refractivity contribution in [2.45, 2.75) is 6.92 Å². The Kier molecular flexibility index (Phi) is 5.24. The van der Waals surface area contributed by atoms with Gasteiger partial charge in [0, 0.05) is 11.0 Å². The normalized spacial score (nSPS) is 9.88. The van der Waals surface area contributed by atoms with E-state index < -0.39 is 0 Å². The van der Waals surface area contributed by atoms with Crippen molar-refractivity contribution in [2.24, 2.45) is 0 Å². The van der Waals surface area contributed by atoms with Gasteiger partial charge in [-0.05, 0) is 24.6 Å². The molecule has 0 heterocycles. The van der Waals surface area contributed by atoms with Crippen LogP contribution in [0.5, 0.6) is 5.75 Å². The molecule has 1 aromatic rings. The number of aryl methyl sites for hydroxylation is 1. The molecule has 0 bridgehead atoms. The van der Waals surface area contributed by atoms with Crippen molar-refractivity contribution >= 4 is 27.6 Å². The number of hydrogen-bond acceptors (Lipinski definition) is 3. The van der Waals surface area contributed by atoms with Crippen LogP contribution in [0.4, 0.5) is 10.5 Å². The standard InChI is InChI=1S/C11H15BrN2O3/c1-7-5-8(12)6-9(17-2)10(7)14-11(16)13-3-4-15/h5-6,15H,3-4H2,1-2H3,(H2,13,14,16). The SMILES string of the molecule is COc1cc(Br)cc(C)c1NC(=O)NCCO. The van der Waals surface area contributed by atoms with E-state index in [1.165, 1.54) is 7.11 Å². The summed E-state index contributed by atoms with van der Waals surface area (Å²) in [6, 6.07) is 3.28. The van der Waals surface area contributed by atoms with Crippen LogP contribution >= 0.6 is 15.9 Å². The number of hydrogen-bond donors (Lipinski definition) is 3. The van der Waals surface area contributed by atoms with Crippen LogP contribution in [0.25, 0.3) is 0 Å². The number of amides is 2. The van der Waals surface area contributed by atoms with Crippen LogP contribution in [-0.4, -0.2) is 31.4 Å². The Labute approximate surface area is 108 Å². The van der Waals surface area contributed by atoms with Gasteiger partial charge in [-0.15, -0.1) is 0 Å². The van der Waals surface area contributed by atoms with Crippen LogP contribution in [0.1, 0.15) is 5.56 Å². The maximum absolute atomic E-state index is 11.5. The number of rotatable bonds is 4. The summed E-state index contributed by atoms with van der Waals surface area (Å²) in [6.45, 7) is 1.99. The fourth-order valence-electron chi connectivity index (χ4n) is 1.36. The monoisotopic (exact) mass is 302 g/mol. The molecule has 2 amide bonds. The fourth-order valence-corrected chi connectivity index (χ4v) is 1.91. The average molecular weight is 303 g/mol. The Bertz CT molecular complexity index is 410. The molecule has 94 valence electrons. The summed E-state index contributed by atoms with van der Waals surface area (Å²) >= 11 is 3.35. The molecule has 0 saturated heterocycles. The number of ether oxygens (including phenoxy) is 1. The Hall–Kier alpha value is -1.27. The molecular formula is C11H15BrN2O3. The minimum Gasteiger partial charge on any atom is -0.495 e. The van der Waals surface area contributed by atoms with Gasteiger partial charge in [-0.2, -0.15) is 0 Å². The second-order valence-corrected chi connectivity index (χ2v) is 4.32. The summed E-state index contributed by atoms with van der Waals surface area (Å²) in [5.41, 5.74) is 1.50. The first-order chi connectivity index (χ1) is 8.08. The number of nitrogens with one attached hydrogen (secondary N) is 2. The first-order valence-electron chi connectivity index (χ1n) is 5.08. The van der Waals surface area contributed by atoms with Gasteiger partial charge in [0.25, 0.3) is 0 Å². The summed E-state index contributed by atoms with van der Waals surface area (Å²) in [7, 11) is 1.54. The first-order valence-corrected chi connectivity index (χ1v) is 5.87. The number of benzene rings is 1. The maximum atomic E-state index is 11.5. The zero-order chi connectivity index (χ0) is 12.8. The topological polar surface area (TPSA) is 70.6 Å². The van der Waals surface area contributed by atoms with E-state index in [1.54, 1.807) is 6.07 Å². The van der Waals surface area contributed by atoms with Crippen molar-refractivity contribution in [2.75, 3.05) is 25.6 Å². The van der Waals surface area contributed by atoms with E-state index >= 15 is 0 Å². The third-order valence-corrected chi connectivity index (χ3v) is 2.58. The van der Waals surface area contributed by atoms with Crippen LogP contribution in [0.2, 0.25) is 0 Å². The predicted molar refractivity (Wildman–Crippen MR) is 69.5 cm³/mol. The lowest BCUT2D eigenvalue weighted by atomic mass is 10.2. The van der Waals surface area contributed by atoms with Gasteiger partial charge in [0.15, 0.2) is 0 Å². The molecule has 0 aliphatic rings. The van der Waals surface area contributed by atoms with E-state index in [0.717, 1.165) is 10.0 Å². The van der Waals surface area contributed by atoms with Gasteiger partial charge in [0.1, 0.15) is 5.75 Å². The van der Waals surface area contributed by atoms with Crippen LogP contribution < -0.4 is 15.4 Å². The average Bonchev–Trinajstić information content (AvgIpc) is 2.29. The highest BCUT2D eigenvalue weighted by Gasteiger charge is 2.10. The number of methoxy groups -OCH3 is 1. The molecule has 1 aromatic carbocycles. The second kappa shape index (κ2) is 6.46. The number of carbonyl (C=O) groups is 1. The number of urea groups is 1. The largest absolute Gasteiger partial charge is 0.495 e. The van der Waals surface area contributed by atoms with Crippen molar-refractivity contribution in [3.8, 4) is 5.75 Å². The Morgan fingerprint density at radius 1 is 1.53 bits per heavy atom. The van der Waals surface area contributed by atoms with Crippen LogP contribution in [0.3, 0.4) is 0 Å². The smallest absolute Gasteiger partial charge is 0.319 e. The van der Waals surface area contributed by atoms with Gasteiger partial charge in [0.05, 0.1) is 19.4 Å². The molecule has 0 aliphatic heterocycles. The first kappa shape index (κ1) is 13.8. The summed E-state index contributed by atoms with van der Waals surface area (Å²) in [5, 5.41) is 13.8. The molecule has 0 spiro atoms. The summed E-state index contributed by atoms with van der Waals surface area (Å²) in [4.78, 5) is 11.5. The molecule has 1 rings (SSSR count). The molecule has 5 nitrogen and oxygen atoms in total. The van der Waals surface area contributed by atoms with Gasteiger partial charge in [0.2, 0.25) is 0 Å². The van der Waals surface area contributed by atoms with E-state index in [2.05, 4.69) is 26.6 Å². The maximum Gasteiger partial charge on any atom is 0.319 e. The number of anilines is 1. The number of halogens is 1. The third kappa shape index (κ3) is 3.90. The van der Waals surface area contributed by atoms with Gasteiger partial charge in [-0.25, -0.2) is 4.79 Å². The molecule has 17 heavy (non-hydrogen) atoms. The highest BCUT2D eigenvalue weighted by Crippen LogP contribution is 2.31. The summed E-state index contributed by atoms with van der Waals surface area (Å²) in [6.07, 6.45) is 0. The molecular weight excluding hydrogens is 288 g/mol. The van der Waals surface area contributed by atoms with Crippen molar-refractivity contribution in [3.05, 3.63) is 22.2 Å². The summed E-state index contributed by atoms with van der Waals surface area (Å²) in [5.74, 6) is 0.580. The quantitative estimate of drug-likeness (QED) is 0.795. The highest BCUT2D eigenvalue weighted by atomic mass is 79.9. The molecule has 0 aromatic heterocycles. The van der Waals surface area contributed by atoms with Crippen LogP contribution in [0.15, 0.2) is 16.6 Å².